The third kappa shape index (κ3) is 1.71. The van der Waals surface area contributed by atoms with E-state index in [1.54, 1.807) is 12.1 Å². The van der Waals surface area contributed by atoms with Crippen LogP contribution in [0.3, 0.4) is 0 Å². The van der Waals surface area contributed by atoms with Gasteiger partial charge in [0.05, 0.1) is 11.4 Å². The molecule has 0 saturated carbocycles. The largest absolute Gasteiger partial charge is 0.397 e. The summed E-state index contributed by atoms with van der Waals surface area (Å²) in [5.74, 6) is 0.280. The second-order valence-electron chi connectivity index (χ2n) is 6.56. The Morgan fingerprint density at radius 3 is 3.00 bits per heavy atom. The summed E-state index contributed by atoms with van der Waals surface area (Å²) in [6.45, 7) is 3.16. The van der Waals surface area contributed by atoms with E-state index < -0.39 is 0 Å². The first kappa shape index (κ1) is 13.6. The minimum Gasteiger partial charge on any atom is -0.397 e. The topological polar surface area (TPSA) is 38.0 Å². The molecule has 2 aliphatic rings. The van der Waals surface area contributed by atoms with Gasteiger partial charge in [-0.15, -0.1) is 0 Å². The zero-order chi connectivity index (χ0) is 15.3. The van der Waals surface area contributed by atoms with Crippen molar-refractivity contribution in [1.29, 1.82) is 0 Å². The summed E-state index contributed by atoms with van der Waals surface area (Å²) < 4.78 is 13.6. The van der Waals surface area contributed by atoms with E-state index in [4.69, 9.17) is 5.73 Å². The van der Waals surface area contributed by atoms with E-state index >= 15 is 0 Å². The zero-order valence-corrected chi connectivity index (χ0v) is 12.8. The minimum absolute atomic E-state index is 0.0923. The quantitative estimate of drug-likeness (QED) is 0.815. The fourth-order valence-corrected chi connectivity index (χ4v) is 4.61. The zero-order valence-electron chi connectivity index (χ0n) is 12.8. The Hall–Kier alpha value is -2.03. The number of benzene rings is 2. The molecule has 1 aliphatic carbocycles. The normalized spacial score (nSPS) is 25.6. The first-order chi connectivity index (χ1) is 10.7. The summed E-state index contributed by atoms with van der Waals surface area (Å²) in [5, 5.41) is 3.50. The van der Waals surface area contributed by atoms with Gasteiger partial charge in [-0.1, -0.05) is 25.1 Å². The number of para-hydroxylation sites is 1. The molecule has 0 bridgehead atoms. The van der Waals surface area contributed by atoms with Gasteiger partial charge >= 0.3 is 0 Å². The number of nitrogens with one attached hydrogen (secondary N) is 1. The van der Waals surface area contributed by atoms with E-state index in [1.807, 2.05) is 18.2 Å². The molecule has 0 amide bonds. The predicted octanol–water partition coefficient (Wildman–Crippen LogP) is 4.21. The number of hydrogen-bond donors (Lipinski definition) is 2. The minimum atomic E-state index is -0.125. The van der Waals surface area contributed by atoms with Crippen LogP contribution < -0.4 is 11.1 Å². The highest BCUT2D eigenvalue weighted by molar-refractivity contribution is 5.74. The number of fused-ring (bicyclic) bond motifs is 2. The Morgan fingerprint density at radius 2 is 2.18 bits per heavy atom. The molecule has 4 rings (SSSR count). The maximum Gasteiger partial charge on any atom is 0.123 e. The Balaban J connectivity index is 1.85. The van der Waals surface area contributed by atoms with Gasteiger partial charge in [0.2, 0.25) is 0 Å². The lowest BCUT2D eigenvalue weighted by atomic mass is 9.67. The predicted molar refractivity (Wildman–Crippen MR) is 88.8 cm³/mol. The molecule has 0 saturated heterocycles. The van der Waals surface area contributed by atoms with Crippen LogP contribution >= 0.6 is 0 Å². The van der Waals surface area contributed by atoms with Gasteiger partial charge in [-0.3, -0.25) is 0 Å². The SMILES string of the molecule is CCC1(C2CNc3c(N)cccc32)CCc2cc(F)ccc21. The summed E-state index contributed by atoms with van der Waals surface area (Å²) in [7, 11) is 0. The average molecular weight is 296 g/mol. The van der Waals surface area contributed by atoms with Crippen LogP contribution in [0.25, 0.3) is 0 Å². The van der Waals surface area contributed by atoms with Gasteiger partial charge in [0.15, 0.2) is 0 Å². The molecule has 2 nitrogen and oxygen atoms in total. The van der Waals surface area contributed by atoms with Crippen molar-refractivity contribution in [1.82, 2.24) is 0 Å². The van der Waals surface area contributed by atoms with Gasteiger partial charge in [0.1, 0.15) is 5.82 Å². The molecule has 0 fully saturated rings. The van der Waals surface area contributed by atoms with E-state index in [1.165, 1.54) is 16.7 Å². The number of nitrogen functional groups attached to an aromatic ring is 1. The molecule has 2 aromatic carbocycles. The Kier molecular flexibility index (Phi) is 2.93. The highest BCUT2D eigenvalue weighted by Gasteiger charge is 2.46. The van der Waals surface area contributed by atoms with Crippen molar-refractivity contribution in [2.24, 2.45) is 0 Å². The lowest BCUT2D eigenvalue weighted by Gasteiger charge is -2.36. The lowest BCUT2D eigenvalue weighted by Crippen LogP contribution is -2.32. The van der Waals surface area contributed by atoms with Crippen molar-refractivity contribution in [2.75, 3.05) is 17.6 Å². The first-order valence-electron chi connectivity index (χ1n) is 8.07. The summed E-state index contributed by atoms with van der Waals surface area (Å²) >= 11 is 0. The standard InChI is InChI=1S/C19H21FN2/c1-2-19(9-8-12-10-13(20)6-7-15(12)19)16-11-22-18-14(16)4-3-5-17(18)21/h3-7,10,16,22H,2,8-9,11,21H2,1H3. The van der Waals surface area contributed by atoms with Crippen LogP contribution in [0.2, 0.25) is 0 Å². The second-order valence-corrected chi connectivity index (χ2v) is 6.56. The van der Waals surface area contributed by atoms with Crippen LogP contribution in [0.15, 0.2) is 36.4 Å². The molecule has 114 valence electrons. The second kappa shape index (κ2) is 4.73. The molecular weight excluding hydrogens is 275 g/mol. The van der Waals surface area contributed by atoms with E-state index in [-0.39, 0.29) is 11.2 Å². The van der Waals surface area contributed by atoms with Crippen molar-refractivity contribution in [3.63, 3.8) is 0 Å². The van der Waals surface area contributed by atoms with Crippen LogP contribution in [-0.2, 0) is 11.8 Å². The average Bonchev–Trinajstić information content (AvgIpc) is 3.10. The molecule has 3 heteroatoms. The molecule has 2 unspecified atom stereocenters. The smallest absolute Gasteiger partial charge is 0.123 e. The van der Waals surface area contributed by atoms with Crippen LogP contribution in [0.4, 0.5) is 15.8 Å². The first-order valence-corrected chi connectivity index (χ1v) is 8.07. The van der Waals surface area contributed by atoms with E-state index in [0.29, 0.717) is 5.92 Å². The van der Waals surface area contributed by atoms with Crippen molar-refractivity contribution in [2.45, 2.75) is 37.5 Å². The summed E-state index contributed by atoms with van der Waals surface area (Å²) in [6.07, 6.45) is 3.12. The number of aryl methyl sites for hydroxylation is 1. The van der Waals surface area contributed by atoms with E-state index in [2.05, 4.69) is 18.3 Å². The number of anilines is 2. The van der Waals surface area contributed by atoms with Crippen LogP contribution in [-0.4, -0.2) is 6.54 Å². The van der Waals surface area contributed by atoms with Crippen molar-refractivity contribution in [3.05, 3.63) is 58.9 Å². The van der Waals surface area contributed by atoms with Crippen LogP contribution in [0.1, 0.15) is 42.4 Å². The molecule has 2 atom stereocenters. The molecule has 3 N–H and O–H groups in total. The third-order valence-corrected chi connectivity index (χ3v) is 5.73. The fraction of sp³-hybridized carbons (Fsp3) is 0.368. The summed E-state index contributed by atoms with van der Waals surface area (Å²) in [6, 6.07) is 11.5. The van der Waals surface area contributed by atoms with E-state index in [0.717, 1.165) is 37.2 Å². The van der Waals surface area contributed by atoms with Gasteiger partial charge < -0.3 is 11.1 Å². The Bertz CT molecular complexity index is 740. The third-order valence-electron chi connectivity index (χ3n) is 5.73. The number of rotatable bonds is 2. The molecular formula is C19H21FN2. The highest BCUT2D eigenvalue weighted by Crippen LogP contribution is 2.54. The van der Waals surface area contributed by atoms with Crippen molar-refractivity contribution >= 4 is 11.4 Å². The molecule has 2 aromatic rings. The molecule has 1 heterocycles. The monoisotopic (exact) mass is 296 g/mol. The van der Waals surface area contributed by atoms with Crippen molar-refractivity contribution in [3.8, 4) is 0 Å². The molecule has 22 heavy (non-hydrogen) atoms. The van der Waals surface area contributed by atoms with Gasteiger partial charge in [0, 0.05) is 17.9 Å². The van der Waals surface area contributed by atoms with E-state index in [9.17, 15) is 4.39 Å². The van der Waals surface area contributed by atoms with Crippen molar-refractivity contribution < 1.29 is 4.39 Å². The number of nitrogens with two attached hydrogens (primary N) is 1. The molecule has 1 aliphatic heterocycles. The van der Waals surface area contributed by atoms with Gasteiger partial charge in [0.25, 0.3) is 0 Å². The molecule has 0 radical (unpaired) electrons. The number of hydrogen-bond acceptors (Lipinski definition) is 2. The Morgan fingerprint density at radius 1 is 1.32 bits per heavy atom. The summed E-state index contributed by atoms with van der Waals surface area (Å²) in [5.41, 5.74) is 12.0. The van der Waals surface area contributed by atoms with Gasteiger partial charge in [-0.2, -0.15) is 0 Å². The highest BCUT2D eigenvalue weighted by atomic mass is 19.1. The van der Waals surface area contributed by atoms with Gasteiger partial charge in [-0.25, -0.2) is 4.39 Å². The lowest BCUT2D eigenvalue weighted by molar-refractivity contribution is 0.344. The maximum atomic E-state index is 13.6. The van der Waals surface area contributed by atoms with Crippen LogP contribution in [0.5, 0.6) is 0 Å². The molecule has 0 aromatic heterocycles. The van der Waals surface area contributed by atoms with Crippen LogP contribution in [0, 0.1) is 5.82 Å². The Labute approximate surface area is 130 Å². The number of halogens is 1. The maximum absolute atomic E-state index is 13.6. The van der Waals surface area contributed by atoms with Gasteiger partial charge in [-0.05, 0) is 54.2 Å². The fourth-order valence-electron chi connectivity index (χ4n) is 4.61. The molecule has 0 spiro atoms. The summed E-state index contributed by atoms with van der Waals surface area (Å²) in [4.78, 5) is 0.